The summed E-state index contributed by atoms with van der Waals surface area (Å²) in [7, 11) is 1.58. The lowest BCUT2D eigenvalue weighted by Crippen LogP contribution is -2.37. The molecule has 0 unspecified atom stereocenters. The van der Waals surface area contributed by atoms with Crippen molar-refractivity contribution in [2.24, 2.45) is 0 Å². The molecule has 0 radical (unpaired) electrons. The van der Waals surface area contributed by atoms with Crippen molar-refractivity contribution in [1.82, 2.24) is 15.5 Å². The van der Waals surface area contributed by atoms with E-state index in [9.17, 15) is 9.18 Å². The SMILES string of the molecule is CC[C@H](Oc1ccc(F)cc1)C(=O)NCc1nc(-c2cccc(OC)c2)no1. The van der Waals surface area contributed by atoms with Gasteiger partial charge in [0.2, 0.25) is 11.7 Å². The molecule has 0 aliphatic heterocycles. The maximum absolute atomic E-state index is 13.0. The zero-order valence-corrected chi connectivity index (χ0v) is 15.5. The van der Waals surface area contributed by atoms with E-state index in [0.29, 0.717) is 23.7 Å². The summed E-state index contributed by atoms with van der Waals surface area (Å²) in [6, 6.07) is 12.8. The maximum atomic E-state index is 13.0. The van der Waals surface area contributed by atoms with Crippen LogP contribution in [0.2, 0.25) is 0 Å². The van der Waals surface area contributed by atoms with Crippen molar-refractivity contribution in [3.63, 3.8) is 0 Å². The normalized spacial score (nSPS) is 11.7. The Morgan fingerprint density at radius 1 is 1.21 bits per heavy atom. The van der Waals surface area contributed by atoms with Crippen LogP contribution in [0.4, 0.5) is 4.39 Å². The average molecular weight is 385 g/mol. The van der Waals surface area contributed by atoms with Gasteiger partial charge in [-0.15, -0.1) is 0 Å². The molecule has 0 spiro atoms. The van der Waals surface area contributed by atoms with Crippen molar-refractivity contribution in [3.8, 4) is 22.9 Å². The second-order valence-electron chi connectivity index (χ2n) is 5.93. The predicted octanol–water partition coefficient (Wildman–Crippen LogP) is 3.36. The first-order valence-corrected chi connectivity index (χ1v) is 8.76. The first-order chi connectivity index (χ1) is 13.6. The summed E-state index contributed by atoms with van der Waals surface area (Å²) in [5.41, 5.74) is 0.742. The summed E-state index contributed by atoms with van der Waals surface area (Å²) in [5.74, 6) is 1.07. The van der Waals surface area contributed by atoms with Gasteiger partial charge in [-0.2, -0.15) is 4.98 Å². The highest BCUT2D eigenvalue weighted by molar-refractivity contribution is 5.81. The number of methoxy groups -OCH3 is 1. The largest absolute Gasteiger partial charge is 0.497 e. The van der Waals surface area contributed by atoms with E-state index >= 15 is 0 Å². The maximum Gasteiger partial charge on any atom is 0.261 e. The van der Waals surface area contributed by atoms with E-state index in [0.717, 1.165) is 5.56 Å². The highest BCUT2D eigenvalue weighted by atomic mass is 19.1. The van der Waals surface area contributed by atoms with Crippen molar-refractivity contribution in [3.05, 3.63) is 60.2 Å². The Hall–Kier alpha value is -3.42. The number of nitrogens with zero attached hydrogens (tertiary/aromatic N) is 2. The van der Waals surface area contributed by atoms with Crippen LogP contribution in [0.15, 0.2) is 53.1 Å². The van der Waals surface area contributed by atoms with Crippen LogP contribution in [0.5, 0.6) is 11.5 Å². The number of halogens is 1. The van der Waals surface area contributed by atoms with Crippen LogP contribution >= 0.6 is 0 Å². The van der Waals surface area contributed by atoms with Crippen molar-refractivity contribution in [1.29, 1.82) is 0 Å². The van der Waals surface area contributed by atoms with Crippen LogP contribution in [-0.2, 0) is 11.3 Å². The molecule has 1 aromatic heterocycles. The van der Waals surface area contributed by atoms with Gasteiger partial charge in [-0.05, 0) is 42.8 Å². The van der Waals surface area contributed by atoms with Crippen LogP contribution in [0.25, 0.3) is 11.4 Å². The molecule has 3 aromatic rings. The molecule has 0 fully saturated rings. The van der Waals surface area contributed by atoms with Crippen molar-refractivity contribution < 1.29 is 23.2 Å². The lowest BCUT2D eigenvalue weighted by Gasteiger charge is -2.16. The summed E-state index contributed by atoms with van der Waals surface area (Å²) in [6.07, 6.45) is -0.270. The molecule has 2 aromatic carbocycles. The van der Waals surface area contributed by atoms with Gasteiger partial charge < -0.3 is 19.3 Å². The summed E-state index contributed by atoms with van der Waals surface area (Å²) < 4.78 is 29.0. The third-order valence-electron chi connectivity index (χ3n) is 3.97. The van der Waals surface area contributed by atoms with Gasteiger partial charge in [-0.3, -0.25) is 4.79 Å². The fourth-order valence-corrected chi connectivity index (χ4v) is 2.48. The van der Waals surface area contributed by atoms with Crippen molar-refractivity contribution in [2.75, 3.05) is 7.11 Å². The fourth-order valence-electron chi connectivity index (χ4n) is 2.48. The molecule has 3 rings (SSSR count). The monoisotopic (exact) mass is 385 g/mol. The molecule has 0 aliphatic carbocycles. The van der Waals surface area contributed by atoms with E-state index in [1.54, 1.807) is 13.2 Å². The lowest BCUT2D eigenvalue weighted by molar-refractivity contribution is -0.128. The Labute approximate surface area is 161 Å². The number of hydrogen-bond acceptors (Lipinski definition) is 6. The minimum Gasteiger partial charge on any atom is -0.497 e. The number of nitrogens with one attached hydrogen (secondary N) is 1. The Kier molecular flexibility index (Phi) is 6.21. The molecule has 8 heteroatoms. The van der Waals surface area contributed by atoms with Crippen LogP contribution < -0.4 is 14.8 Å². The van der Waals surface area contributed by atoms with Crippen LogP contribution in [0, 0.1) is 5.82 Å². The number of hydrogen-bond donors (Lipinski definition) is 1. The fraction of sp³-hybridized carbons (Fsp3) is 0.250. The predicted molar refractivity (Wildman–Crippen MR) is 99.2 cm³/mol. The zero-order valence-electron chi connectivity index (χ0n) is 15.5. The topological polar surface area (TPSA) is 86.5 Å². The number of aromatic nitrogens is 2. The van der Waals surface area contributed by atoms with Gasteiger partial charge in [0.25, 0.3) is 5.91 Å². The van der Waals surface area contributed by atoms with Crippen molar-refractivity contribution in [2.45, 2.75) is 26.0 Å². The van der Waals surface area contributed by atoms with E-state index < -0.39 is 6.10 Å². The van der Waals surface area contributed by atoms with Gasteiger partial charge in [-0.25, -0.2) is 4.39 Å². The first-order valence-electron chi connectivity index (χ1n) is 8.76. The second-order valence-corrected chi connectivity index (χ2v) is 5.93. The van der Waals surface area contributed by atoms with Crippen LogP contribution in [0.3, 0.4) is 0 Å². The standard InChI is InChI=1S/C20H20FN3O4/c1-3-17(27-15-9-7-14(21)8-10-15)20(25)22-12-18-23-19(24-28-18)13-5-4-6-16(11-13)26-2/h4-11,17H,3,12H2,1-2H3,(H,22,25)/t17-/m0/s1. The molecule has 1 atom stereocenters. The van der Waals surface area contributed by atoms with Gasteiger partial charge in [0.1, 0.15) is 17.3 Å². The quantitative estimate of drug-likeness (QED) is 0.640. The van der Waals surface area contributed by atoms with E-state index in [1.165, 1.54) is 24.3 Å². The Bertz CT molecular complexity index is 927. The Morgan fingerprint density at radius 3 is 2.71 bits per heavy atom. The van der Waals surface area contributed by atoms with Crippen LogP contribution in [-0.4, -0.2) is 29.3 Å². The molecule has 0 saturated heterocycles. The van der Waals surface area contributed by atoms with Crippen LogP contribution in [0.1, 0.15) is 19.2 Å². The molecular formula is C20H20FN3O4. The van der Waals surface area contributed by atoms with Gasteiger partial charge in [0.15, 0.2) is 6.10 Å². The minimum absolute atomic E-state index is 0.0685. The molecule has 1 N–H and O–H groups in total. The van der Waals surface area contributed by atoms with E-state index in [-0.39, 0.29) is 24.2 Å². The molecular weight excluding hydrogens is 365 g/mol. The number of carbonyl (C=O) groups excluding carboxylic acids is 1. The number of rotatable bonds is 8. The first kappa shape index (κ1) is 19.3. The summed E-state index contributed by atoms with van der Waals surface area (Å²) in [4.78, 5) is 16.6. The summed E-state index contributed by atoms with van der Waals surface area (Å²) >= 11 is 0. The molecule has 0 bridgehead atoms. The third-order valence-corrected chi connectivity index (χ3v) is 3.97. The average Bonchev–Trinajstić information content (AvgIpc) is 3.21. The minimum atomic E-state index is -0.716. The highest BCUT2D eigenvalue weighted by Crippen LogP contribution is 2.21. The number of carbonyl (C=O) groups is 1. The number of benzene rings is 2. The second kappa shape index (κ2) is 8.98. The zero-order chi connectivity index (χ0) is 19.9. The molecule has 1 amide bonds. The van der Waals surface area contributed by atoms with Gasteiger partial charge in [0.05, 0.1) is 13.7 Å². The smallest absolute Gasteiger partial charge is 0.261 e. The van der Waals surface area contributed by atoms with Gasteiger partial charge >= 0.3 is 0 Å². The van der Waals surface area contributed by atoms with Gasteiger partial charge in [-0.1, -0.05) is 24.2 Å². The number of ether oxygens (including phenoxy) is 2. The highest BCUT2D eigenvalue weighted by Gasteiger charge is 2.19. The molecule has 0 saturated carbocycles. The summed E-state index contributed by atoms with van der Waals surface area (Å²) in [6.45, 7) is 1.89. The molecule has 7 nitrogen and oxygen atoms in total. The lowest BCUT2D eigenvalue weighted by atomic mass is 10.2. The molecule has 146 valence electrons. The number of amides is 1. The van der Waals surface area contributed by atoms with E-state index in [1.807, 2.05) is 25.1 Å². The van der Waals surface area contributed by atoms with Crippen molar-refractivity contribution >= 4 is 5.91 Å². The third kappa shape index (κ3) is 4.85. The van der Waals surface area contributed by atoms with Gasteiger partial charge in [0, 0.05) is 5.56 Å². The Balaban J connectivity index is 1.59. The Morgan fingerprint density at radius 2 is 2.00 bits per heavy atom. The molecule has 0 aliphatic rings. The van der Waals surface area contributed by atoms with E-state index in [4.69, 9.17) is 14.0 Å². The molecule has 28 heavy (non-hydrogen) atoms. The molecule has 1 heterocycles. The van der Waals surface area contributed by atoms with E-state index in [2.05, 4.69) is 15.5 Å². The summed E-state index contributed by atoms with van der Waals surface area (Å²) in [5, 5.41) is 6.63.